The van der Waals surface area contributed by atoms with E-state index in [1.54, 1.807) is 23.1 Å². The molecular weight excluding hydrogens is 228 g/mol. The van der Waals surface area contributed by atoms with Gasteiger partial charge in [0.05, 0.1) is 28.9 Å². The van der Waals surface area contributed by atoms with Crippen LogP contribution in [-0.4, -0.2) is 25.7 Å². The van der Waals surface area contributed by atoms with E-state index in [9.17, 15) is 4.79 Å². The van der Waals surface area contributed by atoms with E-state index in [0.717, 1.165) is 0 Å². The average molecular weight is 237 g/mol. The highest BCUT2D eigenvalue weighted by atomic mass is 35.5. The van der Waals surface area contributed by atoms with E-state index in [2.05, 4.69) is 0 Å². The predicted molar refractivity (Wildman–Crippen MR) is 59.3 cm³/mol. The van der Waals surface area contributed by atoms with Crippen LogP contribution in [0.15, 0.2) is 18.2 Å². The minimum Gasteiger partial charge on any atom is -0.370 e. The first-order valence-corrected chi connectivity index (χ1v) is 5.18. The summed E-state index contributed by atoms with van der Waals surface area (Å²) >= 11 is 6.02. The maximum Gasteiger partial charge on any atom is 0.253 e. The third-order valence-electron chi connectivity index (χ3n) is 2.35. The molecule has 1 aliphatic heterocycles. The minimum atomic E-state index is -0.113. The third-order valence-corrected chi connectivity index (χ3v) is 2.66. The Kier molecular flexibility index (Phi) is 3.09. The van der Waals surface area contributed by atoms with Gasteiger partial charge in [0.1, 0.15) is 6.61 Å². The Morgan fingerprint density at radius 3 is 2.94 bits per heavy atom. The average Bonchev–Trinajstić information content (AvgIpc) is 2.30. The number of carbonyl (C=O) groups excluding carboxylic acids is 1. The van der Waals surface area contributed by atoms with E-state index in [4.69, 9.17) is 21.6 Å². The van der Waals surface area contributed by atoms with Gasteiger partial charge in [-0.15, -0.1) is 0 Å². The van der Waals surface area contributed by atoms with Gasteiger partial charge >= 0.3 is 0 Å². The highest BCUT2D eigenvalue weighted by Crippen LogP contribution is 2.27. The lowest BCUT2D eigenvalue weighted by atomic mass is 10.2. The number of morpholine rings is 1. The van der Waals surface area contributed by atoms with E-state index in [1.807, 2.05) is 6.07 Å². The predicted octanol–water partition coefficient (Wildman–Crippen LogP) is 1.57. The maximum atomic E-state index is 11.6. The second-order valence-electron chi connectivity index (χ2n) is 3.38. The fourth-order valence-corrected chi connectivity index (χ4v) is 1.85. The number of rotatable bonds is 1. The van der Waals surface area contributed by atoms with Crippen molar-refractivity contribution in [2.24, 2.45) is 0 Å². The van der Waals surface area contributed by atoms with Gasteiger partial charge in [-0.2, -0.15) is 5.26 Å². The van der Waals surface area contributed by atoms with Crippen molar-refractivity contribution >= 4 is 23.2 Å². The quantitative estimate of drug-likeness (QED) is 0.744. The molecule has 0 unspecified atom stereocenters. The van der Waals surface area contributed by atoms with Gasteiger partial charge in [-0.05, 0) is 18.2 Å². The standard InChI is InChI=1S/C11H9ClN2O2/c12-9-5-8(6-13)1-2-10(9)14-3-4-16-7-11(14)15/h1-2,5H,3-4,7H2. The topological polar surface area (TPSA) is 53.3 Å². The molecule has 1 aromatic rings. The van der Waals surface area contributed by atoms with Crippen LogP contribution in [0.1, 0.15) is 5.56 Å². The summed E-state index contributed by atoms with van der Waals surface area (Å²) < 4.78 is 5.03. The Morgan fingerprint density at radius 1 is 1.50 bits per heavy atom. The summed E-state index contributed by atoms with van der Waals surface area (Å²) in [7, 11) is 0. The van der Waals surface area contributed by atoms with Crippen molar-refractivity contribution in [2.45, 2.75) is 0 Å². The molecule has 1 amide bonds. The molecule has 1 aliphatic rings. The summed E-state index contributed by atoms with van der Waals surface area (Å²) in [5.74, 6) is -0.113. The van der Waals surface area contributed by atoms with Gasteiger partial charge in [-0.3, -0.25) is 4.79 Å². The highest BCUT2D eigenvalue weighted by Gasteiger charge is 2.22. The summed E-state index contributed by atoms with van der Waals surface area (Å²) in [5, 5.41) is 9.12. The van der Waals surface area contributed by atoms with Crippen LogP contribution in [0.4, 0.5) is 5.69 Å². The minimum absolute atomic E-state index is 0.0797. The number of anilines is 1. The number of carbonyl (C=O) groups is 1. The fourth-order valence-electron chi connectivity index (χ4n) is 1.57. The van der Waals surface area contributed by atoms with Gasteiger partial charge in [0, 0.05) is 6.54 Å². The SMILES string of the molecule is N#Cc1ccc(N2CCOCC2=O)c(Cl)c1. The van der Waals surface area contributed by atoms with Gasteiger partial charge in [-0.1, -0.05) is 11.6 Å². The van der Waals surface area contributed by atoms with Crippen molar-refractivity contribution in [1.82, 2.24) is 0 Å². The molecule has 0 bridgehead atoms. The molecule has 2 rings (SSSR count). The molecule has 0 aromatic heterocycles. The molecule has 1 aromatic carbocycles. The van der Waals surface area contributed by atoms with Crippen molar-refractivity contribution < 1.29 is 9.53 Å². The highest BCUT2D eigenvalue weighted by molar-refractivity contribution is 6.34. The van der Waals surface area contributed by atoms with E-state index in [-0.39, 0.29) is 12.5 Å². The molecule has 82 valence electrons. The first-order chi connectivity index (χ1) is 7.72. The van der Waals surface area contributed by atoms with Crippen LogP contribution in [0, 0.1) is 11.3 Å². The number of nitriles is 1. The van der Waals surface area contributed by atoms with Crippen LogP contribution < -0.4 is 4.90 Å². The van der Waals surface area contributed by atoms with Crippen LogP contribution in [-0.2, 0) is 9.53 Å². The molecule has 4 nitrogen and oxygen atoms in total. The Hall–Kier alpha value is -1.57. The van der Waals surface area contributed by atoms with Crippen molar-refractivity contribution in [3.05, 3.63) is 28.8 Å². The number of amides is 1. The summed E-state index contributed by atoms with van der Waals surface area (Å²) in [5.41, 5.74) is 1.11. The van der Waals surface area contributed by atoms with Crippen molar-refractivity contribution in [3.8, 4) is 6.07 Å². The van der Waals surface area contributed by atoms with E-state index in [1.165, 1.54) is 0 Å². The molecule has 0 spiro atoms. The van der Waals surface area contributed by atoms with Crippen molar-refractivity contribution in [1.29, 1.82) is 5.26 Å². The molecule has 0 atom stereocenters. The van der Waals surface area contributed by atoms with E-state index in [0.29, 0.717) is 29.4 Å². The van der Waals surface area contributed by atoms with Gasteiger partial charge < -0.3 is 9.64 Å². The Morgan fingerprint density at radius 2 is 2.31 bits per heavy atom. The summed E-state index contributed by atoms with van der Waals surface area (Å²) in [6.07, 6.45) is 0. The first-order valence-electron chi connectivity index (χ1n) is 4.80. The molecule has 5 heteroatoms. The number of hydrogen-bond acceptors (Lipinski definition) is 3. The number of nitrogens with zero attached hydrogens (tertiary/aromatic N) is 2. The Labute approximate surface area is 98.0 Å². The molecule has 1 saturated heterocycles. The third kappa shape index (κ3) is 2.01. The number of halogens is 1. The lowest BCUT2D eigenvalue weighted by Gasteiger charge is -2.27. The molecule has 1 fully saturated rings. The molecular formula is C11H9ClN2O2. The van der Waals surface area contributed by atoms with Crippen molar-refractivity contribution in [2.75, 3.05) is 24.7 Å². The second kappa shape index (κ2) is 4.52. The van der Waals surface area contributed by atoms with Crippen LogP contribution in [0.2, 0.25) is 5.02 Å². The number of ether oxygens (including phenoxy) is 1. The van der Waals surface area contributed by atoms with E-state index >= 15 is 0 Å². The van der Waals surface area contributed by atoms with Crippen LogP contribution in [0.3, 0.4) is 0 Å². The molecule has 1 heterocycles. The number of hydrogen-bond donors (Lipinski definition) is 0. The van der Waals surface area contributed by atoms with Gasteiger partial charge in [-0.25, -0.2) is 0 Å². The second-order valence-corrected chi connectivity index (χ2v) is 3.78. The Bertz CT molecular complexity index is 468. The summed E-state index contributed by atoms with van der Waals surface area (Å²) in [6.45, 7) is 1.07. The number of benzene rings is 1. The maximum absolute atomic E-state index is 11.6. The summed E-state index contributed by atoms with van der Waals surface area (Å²) in [4.78, 5) is 13.2. The van der Waals surface area contributed by atoms with Crippen LogP contribution in [0.25, 0.3) is 0 Å². The molecule has 0 saturated carbocycles. The smallest absolute Gasteiger partial charge is 0.253 e. The molecule has 0 N–H and O–H groups in total. The molecule has 0 aliphatic carbocycles. The largest absolute Gasteiger partial charge is 0.370 e. The zero-order valence-corrected chi connectivity index (χ0v) is 9.20. The summed E-state index contributed by atoms with van der Waals surface area (Å²) in [6, 6.07) is 6.88. The zero-order chi connectivity index (χ0) is 11.5. The fraction of sp³-hybridized carbons (Fsp3) is 0.273. The zero-order valence-electron chi connectivity index (χ0n) is 8.44. The van der Waals surface area contributed by atoms with Gasteiger partial charge in [0.2, 0.25) is 0 Å². The van der Waals surface area contributed by atoms with Crippen molar-refractivity contribution in [3.63, 3.8) is 0 Å². The lowest BCUT2D eigenvalue weighted by molar-refractivity contribution is -0.125. The van der Waals surface area contributed by atoms with Gasteiger partial charge in [0.25, 0.3) is 5.91 Å². The van der Waals surface area contributed by atoms with Crippen LogP contribution in [0.5, 0.6) is 0 Å². The lowest BCUT2D eigenvalue weighted by Crippen LogP contribution is -2.41. The molecule has 16 heavy (non-hydrogen) atoms. The van der Waals surface area contributed by atoms with Crippen LogP contribution >= 0.6 is 11.6 Å². The van der Waals surface area contributed by atoms with Gasteiger partial charge in [0.15, 0.2) is 0 Å². The van der Waals surface area contributed by atoms with E-state index < -0.39 is 0 Å². The monoisotopic (exact) mass is 236 g/mol. The molecule has 0 radical (unpaired) electrons. The Balaban J connectivity index is 2.33. The first kappa shape index (κ1) is 10.9. The normalized spacial score (nSPS) is 16.0.